The molecule has 1 aromatic carbocycles. The van der Waals surface area contributed by atoms with Gasteiger partial charge < -0.3 is 46.6 Å². The summed E-state index contributed by atoms with van der Waals surface area (Å²) in [5, 5.41) is 37.9. The Hall–Kier alpha value is -5.74. The van der Waals surface area contributed by atoms with Crippen LogP contribution in [0.25, 0.3) is 10.9 Å². The lowest BCUT2D eigenvalue weighted by molar-refractivity contribution is -0.147. The summed E-state index contributed by atoms with van der Waals surface area (Å²) in [5.74, 6) is -7.76. The van der Waals surface area contributed by atoms with Gasteiger partial charge in [0, 0.05) is 55.2 Å². The smallest absolute Gasteiger partial charge is 0.326 e. The number of hydrogen-bond donors (Lipinski definition) is 9. The molecule has 0 spiro atoms. The maximum atomic E-state index is 13.4. The molecular formula is C28H33N7O10. The van der Waals surface area contributed by atoms with Crippen LogP contribution in [0, 0.1) is 0 Å². The van der Waals surface area contributed by atoms with E-state index in [9.17, 15) is 43.8 Å². The number of imidazole rings is 1. The number of aliphatic carboxylic acids is 3. The summed E-state index contributed by atoms with van der Waals surface area (Å²) in [6.07, 6.45) is 2.19. The van der Waals surface area contributed by atoms with Crippen LogP contribution in [-0.2, 0) is 46.4 Å². The van der Waals surface area contributed by atoms with E-state index in [2.05, 4.69) is 36.2 Å². The molecule has 0 bridgehead atoms. The zero-order valence-corrected chi connectivity index (χ0v) is 24.0. The van der Waals surface area contributed by atoms with Crippen molar-refractivity contribution in [3.05, 3.63) is 54.2 Å². The number of carboxylic acid groups (broad SMARTS) is 3. The largest absolute Gasteiger partial charge is 0.481 e. The highest BCUT2D eigenvalue weighted by atomic mass is 16.4. The average molecular weight is 628 g/mol. The maximum absolute atomic E-state index is 13.4. The topological polar surface area (TPSA) is 273 Å². The van der Waals surface area contributed by atoms with Crippen LogP contribution in [0.5, 0.6) is 0 Å². The highest BCUT2D eigenvalue weighted by molar-refractivity contribution is 5.96. The number of benzene rings is 1. The van der Waals surface area contributed by atoms with Crippen LogP contribution in [0.15, 0.2) is 43.0 Å². The van der Waals surface area contributed by atoms with Crippen molar-refractivity contribution in [2.24, 2.45) is 0 Å². The second-order valence-electron chi connectivity index (χ2n) is 10.1. The van der Waals surface area contributed by atoms with Crippen molar-refractivity contribution >= 4 is 52.4 Å². The molecule has 0 aliphatic heterocycles. The van der Waals surface area contributed by atoms with E-state index in [-0.39, 0.29) is 12.8 Å². The van der Waals surface area contributed by atoms with Crippen molar-refractivity contribution in [3.63, 3.8) is 0 Å². The van der Waals surface area contributed by atoms with Gasteiger partial charge in [-0.2, -0.15) is 0 Å². The SMILES string of the molecule is CC(=O)NC(Cc1c[nH]c2ccccc12)C(=O)NC(CCC(=O)O)C(=O)NC(Cc1cnc[nH]1)C(=O)NC(CC(=O)O)C(=O)O. The molecule has 2 aromatic heterocycles. The van der Waals surface area contributed by atoms with Gasteiger partial charge in [-0.15, -0.1) is 0 Å². The molecule has 2 heterocycles. The lowest BCUT2D eigenvalue weighted by atomic mass is 10.0. The van der Waals surface area contributed by atoms with Crippen LogP contribution >= 0.6 is 0 Å². The van der Waals surface area contributed by atoms with E-state index in [0.29, 0.717) is 11.3 Å². The number of amides is 4. The second kappa shape index (κ2) is 15.6. The number of nitrogens with zero attached hydrogens (tertiary/aromatic N) is 1. The lowest BCUT2D eigenvalue weighted by Gasteiger charge is -2.25. The first kappa shape index (κ1) is 33.8. The standard InChI is InChI=1S/C28H33N7O10/c1-14(36)32-20(8-15-11-30-18-5-3-2-4-17(15)18)26(42)33-19(6-7-23(37)38)25(41)34-21(9-16-12-29-13-31-16)27(43)35-22(28(44)45)10-24(39)40/h2-5,11-13,19-22,30H,6-10H2,1H3,(H,29,31)(H,32,36)(H,33,42)(H,34,41)(H,35,43)(H,37,38)(H,39,40)(H,44,45). The van der Waals surface area contributed by atoms with Crippen molar-refractivity contribution in [1.29, 1.82) is 0 Å². The summed E-state index contributed by atoms with van der Waals surface area (Å²) in [6.45, 7) is 1.21. The molecule has 4 unspecified atom stereocenters. The molecule has 17 heteroatoms. The van der Waals surface area contributed by atoms with E-state index in [1.165, 1.54) is 19.4 Å². The second-order valence-corrected chi connectivity index (χ2v) is 10.1. The van der Waals surface area contributed by atoms with Gasteiger partial charge in [-0.25, -0.2) is 9.78 Å². The molecule has 0 aliphatic rings. The molecule has 45 heavy (non-hydrogen) atoms. The van der Waals surface area contributed by atoms with Crippen LogP contribution in [0.4, 0.5) is 0 Å². The van der Waals surface area contributed by atoms with Crippen LogP contribution in [0.1, 0.15) is 37.4 Å². The number of aromatic amines is 2. The lowest BCUT2D eigenvalue weighted by Crippen LogP contribution is -2.58. The van der Waals surface area contributed by atoms with Crippen LogP contribution in [0.2, 0.25) is 0 Å². The number of fused-ring (bicyclic) bond motifs is 1. The third-order valence-electron chi connectivity index (χ3n) is 6.68. The van der Waals surface area contributed by atoms with Gasteiger partial charge in [-0.1, -0.05) is 18.2 Å². The summed E-state index contributed by atoms with van der Waals surface area (Å²) >= 11 is 0. The van der Waals surface area contributed by atoms with Gasteiger partial charge in [0.15, 0.2) is 0 Å². The van der Waals surface area contributed by atoms with Crippen LogP contribution in [-0.4, -0.2) is 96.0 Å². The molecule has 0 fully saturated rings. The zero-order valence-electron chi connectivity index (χ0n) is 24.0. The van der Waals surface area contributed by atoms with Crippen molar-refractivity contribution in [3.8, 4) is 0 Å². The summed E-state index contributed by atoms with van der Waals surface area (Å²) in [6, 6.07) is 1.29. The zero-order chi connectivity index (χ0) is 33.1. The van der Waals surface area contributed by atoms with Crippen molar-refractivity contribution in [2.45, 2.75) is 63.2 Å². The fourth-order valence-corrected chi connectivity index (χ4v) is 4.53. The number of rotatable bonds is 17. The number of nitrogens with one attached hydrogen (secondary N) is 6. The maximum Gasteiger partial charge on any atom is 0.326 e. The fraction of sp³-hybridized carbons (Fsp3) is 0.357. The molecule has 3 rings (SSSR count). The first-order valence-corrected chi connectivity index (χ1v) is 13.7. The van der Waals surface area contributed by atoms with Crippen LogP contribution < -0.4 is 21.3 Å². The summed E-state index contributed by atoms with van der Waals surface area (Å²) in [4.78, 5) is 95.5. The van der Waals surface area contributed by atoms with Crippen molar-refractivity contribution in [1.82, 2.24) is 36.2 Å². The van der Waals surface area contributed by atoms with E-state index in [0.717, 1.165) is 10.9 Å². The fourth-order valence-electron chi connectivity index (χ4n) is 4.53. The molecular weight excluding hydrogens is 594 g/mol. The number of carbonyl (C=O) groups is 7. The monoisotopic (exact) mass is 627 g/mol. The number of hydrogen-bond acceptors (Lipinski definition) is 8. The third kappa shape index (κ3) is 10.2. The van der Waals surface area contributed by atoms with Crippen molar-refractivity contribution < 1.29 is 48.9 Å². The number of para-hydroxylation sites is 1. The minimum atomic E-state index is -1.82. The van der Waals surface area contributed by atoms with E-state index < -0.39 is 85.0 Å². The first-order valence-electron chi connectivity index (χ1n) is 13.7. The Morgan fingerprint density at radius 2 is 1.40 bits per heavy atom. The molecule has 4 amide bonds. The van der Waals surface area contributed by atoms with E-state index >= 15 is 0 Å². The molecule has 3 aromatic rings. The van der Waals surface area contributed by atoms with Gasteiger partial charge in [0.05, 0.1) is 12.7 Å². The highest BCUT2D eigenvalue weighted by Gasteiger charge is 2.32. The van der Waals surface area contributed by atoms with E-state index in [1.807, 2.05) is 18.2 Å². The summed E-state index contributed by atoms with van der Waals surface area (Å²) in [7, 11) is 0. The van der Waals surface area contributed by atoms with Crippen LogP contribution in [0.3, 0.4) is 0 Å². The van der Waals surface area contributed by atoms with Gasteiger partial charge in [-0.05, 0) is 18.1 Å². The van der Waals surface area contributed by atoms with Gasteiger partial charge in [0.1, 0.15) is 24.2 Å². The Morgan fingerprint density at radius 1 is 0.778 bits per heavy atom. The summed E-state index contributed by atoms with van der Waals surface area (Å²) < 4.78 is 0. The van der Waals surface area contributed by atoms with E-state index in [1.54, 1.807) is 12.3 Å². The van der Waals surface area contributed by atoms with Gasteiger partial charge in [0.25, 0.3) is 0 Å². The predicted octanol–water partition coefficient (Wildman–Crippen LogP) is -0.941. The van der Waals surface area contributed by atoms with Gasteiger partial charge >= 0.3 is 17.9 Å². The Bertz CT molecular complexity index is 1550. The van der Waals surface area contributed by atoms with Gasteiger partial charge in [-0.3, -0.25) is 28.8 Å². The number of aromatic nitrogens is 3. The Kier molecular flexibility index (Phi) is 11.7. The minimum Gasteiger partial charge on any atom is -0.481 e. The molecule has 17 nitrogen and oxygen atoms in total. The summed E-state index contributed by atoms with van der Waals surface area (Å²) in [5.41, 5.74) is 1.83. The predicted molar refractivity (Wildman–Crippen MR) is 154 cm³/mol. The first-order chi connectivity index (χ1) is 21.3. The molecule has 9 N–H and O–H groups in total. The molecule has 240 valence electrons. The molecule has 0 aliphatic carbocycles. The third-order valence-corrected chi connectivity index (χ3v) is 6.68. The normalized spacial score (nSPS) is 13.5. The number of carboxylic acids is 3. The Balaban J connectivity index is 1.83. The van der Waals surface area contributed by atoms with Crippen molar-refractivity contribution in [2.75, 3.05) is 0 Å². The average Bonchev–Trinajstić information content (AvgIpc) is 3.63. The van der Waals surface area contributed by atoms with Gasteiger partial charge in [0.2, 0.25) is 23.6 Å². The Labute approximate surface area is 255 Å². The Morgan fingerprint density at radius 3 is 2.00 bits per heavy atom. The molecule has 4 atom stereocenters. The minimum absolute atomic E-state index is 0.0215. The molecule has 0 radical (unpaired) electrons. The van der Waals surface area contributed by atoms with E-state index in [4.69, 9.17) is 5.11 Å². The number of carbonyl (C=O) groups excluding carboxylic acids is 4. The highest BCUT2D eigenvalue weighted by Crippen LogP contribution is 2.19. The number of H-pyrrole nitrogens is 2. The molecule has 0 saturated heterocycles. The quantitative estimate of drug-likeness (QED) is 0.0881. The molecule has 0 saturated carbocycles.